The number of nitrogens with two attached hydrogens (primary N) is 1. The summed E-state index contributed by atoms with van der Waals surface area (Å²) >= 11 is 1.13. The molecule has 1 heterocycles. The van der Waals surface area contributed by atoms with Gasteiger partial charge in [0.25, 0.3) is 5.69 Å². The van der Waals surface area contributed by atoms with Gasteiger partial charge in [0.15, 0.2) is 0 Å². The van der Waals surface area contributed by atoms with E-state index in [0.29, 0.717) is 10.1 Å². The lowest BCUT2D eigenvalue weighted by Crippen LogP contribution is -1.90. The van der Waals surface area contributed by atoms with E-state index in [1.165, 1.54) is 17.5 Å². The molecule has 0 atom stereocenters. The number of nitrogens with zero attached hydrogens (tertiary/aromatic N) is 1. The largest absolute Gasteiger partial charge is 0.396 e. The third kappa shape index (κ3) is 1.20. The van der Waals surface area contributed by atoms with Gasteiger partial charge in [0, 0.05) is 4.70 Å². The normalized spacial score (nSPS) is 10.6. The van der Waals surface area contributed by atoms with Crippen molar-refractivity contribution in [3.05, 3.63) is 33.4 Å². The molecule has 0 amide bonds. The Bertz CT molecular complexity index is 523. The zero-order chi connectivity index (χ0) is 10.3. The third-order valence-corrected chi connectivity index (χ3v) is 2.80. The number of rotatable bonds is 1. The molecule has 0 aliphatic heterocycles. The van der Waals surface area contributed by atoms with E-state index < -0.39 is 10.7 Å². The van der Waals surface area contributed by atoms with Gasteiger partial charge in [0.2, 0.25) is 0 Å². The van der Waals surface area contributed by atoms with Crippen molar-refractivity contribution in [3.63, 3.8) is 0 Å². The smallest absolute Gasteiger partial charge is 0.287 e. The molecule has 14 heavy (non-hydrogen) atoms. The summed E-state index contributed by atoms with van der Waals surface area (Å²) in [6, 6.07) is 2.50. The lowest BCUT2D eigenvalue weighted by atomic mass is 10.2. The summed E-state index contributed by atoms with van der Waals surface area (Å²) in [5.74, 6) is -0.547. The SMILES string of the molecule is Nc1cc2c([N+](=O)[O-])csc2cc1F. The summed E-state index contributed by atoms with van der Waals surface area (Å²) in [5.41, 5.74) is 5.22. The average Bonchev–Trinajstić information content (AvgIpc) is 2.48. The predicted molar refractivity (Wildman–Crippen MR) is 52.8 cm³/mol. The highest BCUT2D eigenvalue weighted by Gasteiger charge is 2.15. The van der Waals surface area contributed by atoms with E-state index in [0.717, 1.165) is 11.3 Å². The van der Waals surface area contributed by atoms with E-state index in [1.54, 1.807) is 0 Å². The molecule has 0 bridgehead atoms. The van der Waals surface area contributed by atoms with Gasteiger partial charge in [-0.3, -0.25) is 10.1 Å². The van der Waals surface area contributed by atoms with Crippen LogP contribution in [-0.2, 0) is 0 Å². The van der Waals surface area contributed by atoms with Crippen molar-refractivity contribution in [1.82, 2.24) is 0 Å². The Labute approximate surface area is 81.9 Å². The van der Waals surface area contributed by atoms with Crippen LogP contribution in [0.5, 0.6) is 0 Å². The Morgan fingerprint density at radius 3 is 2.86 bits per heavy atom. The van der Waals surface area contributed by atoms with Crippen molar-refractivity contribution in [2.24, 2.45) is 0 Å². The second-order valence-electron chi connectivity index (χ2n) is 2.75. The maximum Gasteiger partial charge on any atom is 0.287 e. The number of hydrogen-bond acceptors (Lipinski definition) is 4. The predicted octanol–water partition coefficient (Wildman–Crippen LogP) is 2.53. The van der Waals surface area contributed by atoms with Gasteiger partial charge in [-0.05, 0) is 12.1 Å². The second-order valence-corrected chi connectivity index (χ2v) is 3.66. The Kier molecular flexibility index (Phi) is 1.85. The third-order valence-electron chi connectivity index (χ3n) is 1.87. The summed E-state index contributed by atoms with van der Waals surface area (Å²) in [4.78, 5) is 10.0. The molecule has 2 rings (SSSR count). The molecule has 0 fully saturated rings. The molecule has 72 valence electrons. The number of nitrogen functional groups attached to an aromatic ring is 1. The molecule has 2 N–H and O–H groups in total. The molecule has 1 aromatic heterocycles. The molecule has 4 nitrogen and oxygen atoms in total. The molecular formula is C8H5FN2O2S. The molecule has 6 heteroatoms. The topological polar surface area (TPSA) is 69.2 Å². The highest BCUT2D eigenvalue weighted by molar-refractivity contribution is 7.17. The Morgan fingerprint density at radius 2 is 2.21 bits per heavy atom. The molecule has 2 aromatic rings. The summed E-state index contributed by atoms with van der Waals surface area (Å²) < 4.78 is 13.5. The van der Waals surface area contributed by atoms with Gasteiger partial charge < -0.3 is 5.73 Å². The molecular weight excluding hydrogens is 207 g/mol. The summed E-state index contributed by atoms with van der Waals surface area (Å²) in [7, 11) is 0. The van der Waals surface area contributed by atoms with Crippen molar-refractivity contribution < 1.29 is 9.31 Å². The van der Waals surface area contributed by atoms with Crippen molar-refractivity contribution >= 4 is 32.8 Å². The van der Waals surface area contributed by atoms with Crippen molar-refractivity contribution in [2.75, 3.05) is 5.73 Å². The summed E-state index contributed by atoms with van der Waals surface area (Å²) in [6.45, 7) is 0. The van der Waals surface area contributed by atoms with E-state index in [4.69, 9.17) is 5.73 Å². The Morgan fingerprint density at radius 1 is 1.50 bits per heavy atom. The number of nitro groups is 1. The maximum atomic E-state index is 13.0. The first-order valence-electron chi connectivity index (χ1n) is 3.70. The van der Waals surface area contributed by atoms with Crippen molar-refractivity contribution in [2.45, 2.75) is 0 Å². The van der Waals surface area contributed by atoms with E-state index in [2.05, 4.69) is 0 Å². The maximum absolute atomic E-state index is 13.0. The first-order valence-corrected chi connectivity index (χ1v) is 4.58. The van der Waals surface area contributed by atoms with E-state index >= 15 is 0 Å². The molecule has 0 saturated heterocycles. The van der Waals surface area contributed by atoms with Crippen LogP contribution in [0.3, 0.4) is 0 Å². The van der Waals surface area contributed by atoms with Crippen LogP contribution < -0.4 is 5.73 Å². The number of fused-ring (bicyclic) bond motifs is 1. The molecule has 0 aliphatic rings. The van der Waals surface area contributed by atoms with Crippen molar-refractivity contribution in [1.29, 1.82) is 0 Å². The molecule has 1 aromatic carbocycles. The fourth-order valence-corrected chi connectivity index (χ4v) is 2.11. The van der Waals surface area contributed by atoms with E-state index in [9.17, 15) is 14.5 Å². The first kappa shape index (κ1) is 8.89. The lowest BCUT2D eigenvalue weighted by molar-refractivity contribution is -0.382. The zero-order valence-corrected chi connectivity index (χ0v) is 7.68. The van der Waals surface area contributed by atoms with Crippen molar-refractivity contribution in [3.8, 4) is 0 Å². The minimum atomic E-state index is -0.547. The minimum absolute atomic E-state index is 0.0308. The quantitative estimate of drug-likeness (QED) is 0.448. The van der Waals surface area contributed by atoms with Crippen LogP contribution in [0.2, 0.25) is 0 Å². The van der Waals surface area contributed by atoms with Gasteiger partial charge in [-0.25, -0.2) is 4.39 Å². The molecule has 0 saturated carbocycles. The number of anilines is 1. The standard InChI is InChI=1S/C8H5FN2O2S/c9-5-2-8-4(1-6(5)10)7(3-14-8)11(12)13/h1-3H,10H2. The molecule has 0 radical (unpaired) electrons. The fraction of sp³-hybridized carbons (Fsp3) is 0. The Balaban J connectivity index is 2.80. The van der Waals surface area contributed by atoms with Crippen LogP contribution >= 0.6 is 11.3 Å². The molecule has 0 spiro atoms. The first-order chi connectivity index (χ1) is 6.59. The van der Waals surface area contributed by atoms with Crippen LogP contribution in [0.1, 0.15) is 0 Å². The number of hydrogen-bond donors (Lipinski definition) is 1. The van der Waals surface area contributed by atoms with Crippen LogP contribution in [0.25, 0.3) is 10.1 Å². The monoisotopic (exact) mass is 212 g/mol. The number of benzene rings is 1. The highest BCUT2D eigenvalue weighted by atomic mass is 32.1. The zero-order valence-electron chi connectivity index (χ0n) is 6.86. The van der Waals surface area contributed by atoms with E-state index in [1.807, 2.05) is 0 Å². The Hall–Kier alpha value is -1.69. The average molecular weight is 212 g/mol. The van der Waals surface area contributed by atoms with Crippen LogP contribution in [-0.4, -0.2) is 4.92 Å². The van der Waals surface area contributed by atoms with Gasteiger partial charge in [-0.1, -0.05) is 0 Å². The number of thiophene rings is 1. The minimum Gasteiger partial charge on any atom is -0.396 e. The fourth-order valence-electron chi connectivity index (χ4n) is 1.19. The molecule has 0 aliphatic carbocycles. The van der Waals surface area contributed by atoms with Gasteiger partial charge >= 0.3 is 0 Å². The van der Waals surface area contributed by atoms with Crippen LogP contribution in [0, 0.1) is 15.9 Å². The number of halogens is 1. The highest BCUT2D eigenvalue weighted by Crippen LogP contribution is 2.34. The summed E-state index contributed by atoms with van der Waals surface area (Å²) in [5, 5.41) is 12.3. The van der Waals surface area contributed by atoms with Crippen LogP contribution in [0.15, 0.2) is 17.5 Å². The van der Waals surface area contributed by atoms with Gasteiger partial charge in [0.1, 0.15) is 5.82 Å². The van der Waals surface area contributed by atoms with Crippen LogP contribution in [0.4, 0.5) is 15.8 Å². The summed E-state index contributed by atoms with van der Waals surface area (Å²) in [6.07, 6.45) is 0. The lowest BCUT2D eigenvalue weighted by Gasteiger charge is -1.95. The molecule has 0 unspecified atom stereocenters. The van der Waals surface area contributed by atoms with Gasteiger partial charge in [-0.2, -0.15) is 0 Å². The van der Waals surface area contributed by atoms with E-state index in [-0.39, 0.29) is 11.4 Å². The second kappa shape index (κ2) is 2.91. The van der Waals surface area contributed by atoms with Gasteiger partial charge in [-0.15, -0.1) is 11.3 Å². The van der Waals surface area contributed by atoms with Gasteiger partial charge in [0.05, 0.1) is 21.4 Å².